The summed E-state index contributed by atoms with van der Waals surface area (Å²) in [6.07, 6.45) is 3.67. The number of ether oxygens (including phenoxy) is 1. The average molecular weight is 584 g/mol. The molecule has 1 aliphatic carbocycles. The lowest BCUT2D eigenvalue weighted by molar-refractivity contribution is -0.116. The topological polar surface area (TPSA) is 103 Å². The van der Waals surface area contributed by atoms with Crippen LogP contribution in [0.4, 0.5) is 16.2 Å². The lowest BCUT2D eigenvalue weighted by Gasteiger charge is -2.32. The van der Waals surface area contributed by atoms with Crippen molar-refractivity contribution in [3.05, 3.63) is 84.4 Å². The van der Waals surface area contributed by atoms with Gasteiger partial charge in [-0.25, -0.2) is 4.79 Å². The molecule has 226 valence electrons. The van der Waals surface area contributed by atoms with Crippen molar-refractivity contribution in [2.24, 2.45) is 0 Å². The third-order valence-corrected chi connectivity index (χ3v) is 7.91. The summed E-state index contributed by atoms with van der Waals surface area (Å²) >= 11 is 0. The molecule has 0 radical (unpaired) electrons. The van der Waals surface area contributed by atoms with E-state index in [1.165, 1.54) is 12.8 Å². The van der Waals surface area contributed by atoms with Crippen LogP contribution in [0.1, 0.15) is 42.5 Å². The van der Waals surface area contributed by atoms with Crippen molar-refractivity contribution in [3.8, 4) is 11.1 Å². The number of para-hydroxylation sites is 1. The van der Waals surface area contributed by atoms with Crippen LogP contribution in [0.25, 0.3) is 11.1 Å². The Hall–Kier alpha value is -4.21. The molecule has 9 heteroatoms. The second-order valence-corrected chi connectivity index (χ2v) is 11.3. The van der Waals surface area contributed by atoms with Gasteiger partial charge in [0, 0.05) is 69.0 Å². The Labute approximate surface area is 253 Å². The van der Waals surface area contributed by atoms with E-state index in [-0.39, 0.29) is 17.9 Å². The predicted molar refractivity (Wildman–Crippen MR) is 169 cm³/mol. The Morgan fingerprint density at radius 3 is 2.40 bits per heavy atom. The summed E-state index contributed by atoms with van der Waals surface area (Å²) in [7, 11) is 1.80. The normalized spacial score (nSPS) is 15.5. The maximum atomic E-state index is 13.1. The molecule has 1 saturated heterocycles. The second kappa shape index (κ2) is 14.8. The maximum absolute atomic E-state index is 13.1. The zero-order chi connectivity index (χ0) is 30.0. The predicted octanol–water partition coefficient (Wildman–Crippen LogP) is 5.22. The third-order valence-electron chi connectivity index (χ3n) is 7.91. The number of hydrogen-bond donors (Lipinski definition) is 3. The number of benzene rings is 3. The van der Waals surface area contributed by atoms with Gasteiger partial charge in [-0.3, -0.25) is 14.9 Å². The van der Waals surface area contributed by atoms with Gasteiger partial charge in [-0.2, -0.15) is 0 Å². The zero-order valence-corrected chi connectivity index (χ0v) is 24.8. The average Bonchev–Trinajstić information content (AvgIpc) is 3.85. The molecule has 3 amide bonds. The van der Waals surface area contributed by atoms with Crippen molar-refractivity contribution in [2.45, 2.75) is 44.2 Å². The molecule has 5 rings (SSSR count). The Morgan fingerprint density at radius 1 is 0.884 bits per heavy atom. The van der Waals surface area contributed by atoms with Crippen molar-refractivity contribution in [2.75, 3.05) is 50.4 Å². The molecule has 3 N–H and O–H groups in total. The largest absolute Gasteiger partial charge is 0.446 e. The molecule has 2 aliphatic rings. The molecule has 0 spiro atoms. The van der Waals surface area contributed by atoms with Crippen LogP contribution in [-0.4, -0.2) is 79.6 Å². The summed E-state index contributed by atoms with van der Waals surface area (Å²) in [5.41, 5.74) is 3.87. The Morgan fingerprint density at radius 2 is 1.63 bits per heavy atom. The minimum absolute atomic E-state index is 0.0621. The molecule has 1 heterocycles. The lowest BCUT2D eigenvalue weighted by Crippen LogP contribution is -2.42. The van der Waals surface area contributed by atoms with Crippen molar-refractivity contribution in [1.82, 2.24) is 15.1 Å². The highest BCUT2D eigenvalue weighted by atomic mass is 16.6. The number of likely N-dealkylation sites (tertiary alicyclic amines) is 1. The van der Waals surface area contributed by atoms with Gasteiger partial charge in [0.15, 0.2) is 0 Å². The Balaban J connectivity index is 1.02. The molecule has 0 unspecified atom stereocenters. The van der Waals surface area contributed by atoms with Gasteiger partial charge in [0.25, 0.3) is 5.91 Å². The highest BCUT2D eigenvalue weighted by molar-refractivity contribution is 5.97. The van der Waals surface area contributed by atoms with Crippen LogP contribution < -0.4 is 16.0 Å². The van der Waals surface area contributed by atoms with Crippen LogP contribution in [0.2, 0.25) is 0 Å². The summed E-state index contributed by atoms with van der Waals surface area (Å²) in [4.78, 5) is 42.0. The van der Waals surface area contributed by atoms with Crippen LogP contribution in [0.15, 0.2) is 78.9 Å². The number of hydrogen-bond acceptors (Lipinski definition) is 6. The molecule has 0 bridgehead atoms. The molecular formula is C34H41N5O4. The SMILES string of the molecule is CN(CCN1CCC(OC(=O)Nc2ccccc2-c2ccccc2)CC1)C(=O)c1cccc(NC(=O)CCNC2CC2)c1. The maximum Gasteiger partial charge on any atom is 0.411 e. The molecule has 0 atom stereocenters. The number of likely N-dealkylation sites (N-methyl/N-ethyl adjacent to an activating group) is 1. The van der Waals surface area contributed by atoms with E-state index in [4.69, 9.17) is 4.74 Å². The summed E-state index contributed by atoms with van der Waals surface area (Å²) < 4.78 is 5.75. The van der Waals surface area contributed by atoms with E-state index in [0.717, 1.165) is 49.3 Å². The Bertz CT molecular complexity index is 1390. The smallest absolute Gasteiger partial charge is 0.411 e. The van der Waals surface area contributed by atoms with E-state index in [0.29, 0.717) is 36.8 Å². The van der Waals surface area contributed by atoms with Crippen molar-refractivity contribution in [3.63, 3.8) is 0 Å². The minimum atomic E-state index is -0.444. The van der Waals surface area contributed by atoms with Crippen LogP contribution in [0.5, 0.6) is 0 Å². The highest BCUT2D eigenvalue weighted by Crippen LogP contribution is 2.28. The quantitative estimate of drug-likeness (QED) is 0.270. The van der Waals surface area contributed by atoms with E-state index >= 15 is 0 Å². The van der Waals surface area contributed by atoms with E-state index in [1.54, 1.807) is 36.2 Å². The number of amides is 3. The second-order valence-electron chi connectivity index (χ2n) is 11.3. The number of nitrogens with zero attached hydrogens (tertiary/aromatic N) is 2. The van der Waals surface area contributed by atoms with Crippen molar-refractivity contribution < 1.29 is 19.1 Å². The first kappa shape index (κ1) is 30.3. The molecule has 0 aromatic heterocycles. The van der Waals surface area contributed by atoms with Crippen molar-refractivity contribution >= 4 is 29.3 Å². The highest BCUT2D eigenvalue weighted by Gasteiger charge is 2.24. The number of rotatable bonds is 12. The van der Waals surface area contributed by atoms with E-state index in [2.05, 4.69) is 20.9 Å². The van der Waals surface area contributed by atoms with Crippen molar-refractivity contribution in [1.29, 1.82) is 0 Å². The first-order valence-electron chi connectivity index (χ1n) is 15.2. The molecule has 2 fully saturated rings. The van der Waals surface area contributed by atoms with Crippen LogP contribution >= 0.6 is 0 Å². The van der Waals surface area contributed by atoms with E-state index in [1.807, 2.05) is 54.6 Å². The molecule has 3 aromatic carbocycles. The number of anilines is 2. The number of nitrogens with one attached hydrogen (secondary N) is 3. The van der Waals surface area contributed by atoms with Gasteiger partial charge >= 0.3 is 6.09 Å². The Kier molecular flexibility index (Phi) is 10.4. The molecule has 43 heavy (non-hydrogen) atoms. The van der Waals surface area contributed by atoms with Gasteiger partial charge in [-0.15, -0.1) is 0 Å². The van der Waals surface area contributed by atoms with Crippen LogP contribution in [0.3, 0.4) is 0 Å². The molecular weight excluding hydrogens is 542 g/mol. The van der Waals surface area contributed by atoms with Crippen LogP contribution in [-0.2, 0) is 9.53 Å². The van der Waals surface area contributed by atoms with Gasteiger partial charge in [-0.1, -0.05) is 54.6 Å². The lowest BCUT2D eigenvalue weighted by atomic mass is 10.0. The fourth-order valence-corrected chi connectivity index (χ4v) is 5.25. The first-order valence-corrected chi connectivity index (χ1v) is 15.2. The summed E-state index contributed by atoms with van der Waals surface area (Å²) in [5.74, 6) is -0.148. The molecule has 9 nitrogen and oxygen atoms in total. The summed E-state index contributed by atoms with van der Waals surface area (Å²) in [6, 6.07) is 25.3. The first-order chi connectivity index (χ1) is 20.9. The van der Waals surface area contributed by atoms with Gasteiger partial charge < -0.3 is 25.2 Å². The standard InChI is InChI=1S/C34H41N5O4/c1-38(33(41)26-10-7-11-28(24-26)36-32(40)16-19-35-27-14-15-27)22-23-39-20-17-29(18-21-39)43-34(42)37-31-13-6-5-12-30(31)25-8-3-2-4-9-25/h2-13,24,27,29,35H,14-23H2,1H3,(H,36,40)(H,37,42). The van der Waals surface area contributed by atoms with Gasteiger partial charge in [0.05, 0.1) is 5.69 Å². The van der Waals surface area contributed by atoms with Gasteiger partial charge in [-0.05, 0) is 55.5 Å². The number of carbonyl (C=O) groups is 3. The van der Waals surface area contributed by atoms with E-state index in [9.17, 15) is 14.4 Å². The number of piperidine rings is 1. The molecule has 1 saturated carbocycles. The summed E-state index contributed by atoms with van der Waals surface area (Å²) in [6.45, 7) is 3.55. The fraction of sp³-hybridized carbons (Fsp3) is 0.382. The van der Waals surface area contributed by atoms with E-state index < -0.39 is 6.09 Å². The number of carbonyl (C=O) groups excluding carboxylic acids is 3. The zero-order valence-electron chi connectivity index (χ0n) is 24.8. The molecule has 3 aromatic rings. The molecule has 1 aliphatic heterocycles. The monoisotopic (exact) mass is 583 g/mol. The fourth-order valence-electron chi connectivity index (χ4n) is 5.25. The summed E-state index contributed by atoms with van der Waals surface area (Å²) in [5, 5.41) is 9.15. The third kappa shape index (κ3) is 9.14. The minimum Gasteiger partial charge on any atom is -0.446 e. The van der Waals surface area contributed by atoms with Gasteiger partial charge in [0.2, 0.25) is 5.91 Å². The van der Waals surface area contributed by atoms with Crippen LogP contribution in [0, 0.1) is 0 Å². The van der Waals surface area contributed by atoms with Gasteiger partial charge in [0.1, 0.15) is 6.10 Å².